The lowest BCUT2D eigenvalue weighted by atomic mass is 9.95. The fourth-order valence-corrected chi connectivity index (χ4v) is 3.85. The summed E-state index contributed by atoms with van der Waals surface area (Å²) in [4.78, 5) is 27.5. The molecule has 6 heteroatoms. The Kier molecular flexibility index (Phi) is 5.78. The number of ether oxygens (including phenoxy) is 1. The third-order valence-electron chi connectivity index (χ3n) is 5.28. The van der Waals surface area contributed by atoms with Gasteiger partial charge in [0.25, 0.3) is 11.7 Å². The average Bonchev–Trinajstić information content (AvgIpc) is 3.05. The zero-order chi connectivity index (χ0) is 22.0. The first-order valence-electron chi connectivity index (χ1n) is 9.72. The van der Waals surface area contributed by atoms with Crippen molar-refractivity contribution in [1.82, 2.24) is 4.90 Å². The first kappa shape index (κ1) is 20.7. The molecule has 31 heavy (non-hydrogen) atoms. The van der Waals surface area contributed by atoms with Gasteiger partial charge in [0.2, 0.25) is 0 Å². The summed E-state index contributed by atoms with van der Waals surface area (Å²) in [7, 11) is 1.55. The molecule has 1 unspecified atom stereocenters. The molecule has 3 aromatic carbocycles. The predicted molar refractivity (Wildman–Crippen MR) is 119 cm³/mol. The lowest BCUT2D eigenvalue weighted by Crippen LogP contribution is -2.29. The monoisotopic (exact) mass is 433 g/mol. The highest BCUT2D eigenvalue weighted by atomic mass is 35.5. The summed E-state index contributed by atoms with van der Waals surface area (Å²) in [5, 5.41) is 11.6. The van der Waals surface area contributed by atoms with Crippen LogP contribution >= 0.6 is 11.6 Å². The minimum Gasteiger partial charge on any atom is -0.507 e. The topological polar surface area (TPSA) is 66.8 Å². The standard InChI is InChI=1S/C25H20ClNO4/c1-31-20-13-9-18(10-14-20)23(28)21-22(17-7-11-19(26)12-8-17)27(25(30)24(21)29)15-16-5-3-2-4-6-16/h2-14,22,28H,15H2,1H3. The van der Waals surface area contributed by atoms with Gasteiger partial charge in [-0.1, -0.05) is 54.1 Å². The van der Waals surface area contributed by atoms with Crippen LogP contribution in [-0.4, -0.2) is 28.8 Å². The quantitative estimate of drug-likeness (QED) is 0.350. The molecule has 3 aromatic rings. The van der Waals surface area contributed by atoms with Crippen molar-refractivity contribution in [2.45, 2.75) is 12.6 Å². The molecule has 1 heterocycles. The summed E-state index contributed by atoms with van der Waals surface area (Å²) >= 11 is 6.04. The Morgan fingerprint density at radius 3 is 2.23 bits per heavy atom. The van der Waals surface area contributed by atoms with Crippen molar-refractivity contribution in [3.63, 3.8) is 0 Å². The van der Waals surface area contributed by atoms with Crippen LogP contribution in [0.3, 0.4) is 0 Å². The molecule has 0 radical (unpaired) electrons. The number of hydrogen-bond acceptors (Lipinski definition) is 4. The summed E-state index contributed by atoms with van der Waals surface area (Å²) in [6, 6.07) is 22.3. The number of methoxy groups -OCH3 is 1. The Bertz CT molecular complexity index is 1140. The fourth-order valence-electron chi connectivity index (χ4n) is 3.72. The van der Waals surface area contributed by atoms with E-state index < -0.39 is 17.7 Å². The molecule has 5 nitrogen and oxygen atoms in total. The molecule has 0 aliphatic carbocycles. The van der Waals surface area contributed by atoms with E-state index in [0.717, 1.165) is 5.56 Å². The highest BCUT2D eigenvalue weighted by molar-refractivity contribution is 6.46. The molecule has 156 valence electrons. The van der Waals surface area contributed by atoms with Crippen molar-refractivity contribution >= 4 is 29.1 Å². The Morgan fingerprint density at radius 1 is 0.968 bits per heavy atom. The van der Waals surface area contributed by atoms with Crippen molar-refractivity contribution in [2.24, 2.45) is 0 Å². The molecule has 0 aromatic heterocycles. The summed E-state index contributed by atoms with van der Waals surface area (Å²) in [5.74, 6) is -0.977. The zero-order valence-corrected chi connectivity index (χ0v) is 17.5. The Morgan fingerprint density at radius 2 is 1.61 bits per heavy atom. The highest BCUT2D eigenvalue weighted by Crippen LogP contribution is 2.40. The number of aliphatic hydroxyl groups excluding tert-OH is 1. The molecule has 1 aliphatic rings. The van der Waals surface area contributed by atoms with Crippen molar-refractivity contribution in [3.05, 3.63) is 106 Å². The molecule has 0 bridgehead atoms. The Hall–Kier alpha value is -3.57. The van der Waals surface area contributed by atoms with E-state index in [2.05, 4.69) is 0 Å². The maximum absolute atomic E-state index is 13.0. The third kappa shape index (κ3) is 4.05. The van der Waals surface area contributed by atoms with Gasteiger partial charge in [-0.05, 0) is 47.5 Å². The second kappa shape index (κ2) is 8.66. The van der Waals surface area contributed by atoms with Gasteiger partial charge < -0.3 is 14.7 Å². The molecule has 1 fully saturated rings. The van der Waals surface area contributed by atoms with Gasteiger partial charge in [-0.3, -0.25) is 9.59 Å². The van der Waals surface area contributed by atoms with Crippen molar-refractivity contribution in [3.8, 4) is 5.75 Å². The van der Waals surface area contributed by atoms with E-state index in [4.69, 9.17) is 16.3 Å². The fraction of sp³-hybridized carbons (Fsp3) is 0.120. The van der Waals surface area contributed by atoms with E-state index in [0.29, 0.717) is 21.9 Å². The normalized spacial score (nSPS) is 17.7. The number of aliphatic hydroxyl groups is 1. The lowest BCUT2D eigenvalue weighted by molar-refractivity contribution is -0.140. The SMILES string of the molecule is COc1ccc(C(O)=C2C(=O)C(=O)N(Cc3ccccc3)C2c2ccc(Cl)cc2)cc1. The lowest BCUT2D eigenvalue weighted by Gasteiger charge is -2.25. The van der Waals surface area contributed by atoms with Gasteiger partial charge in [0.05, 0.1) is 18.7 Å². The van der Waals surface area contributed by atoms with Crippen LogP contribution in [0.2, 0.25) is 5.02 Å². The molecule has 0 spiro atoms. The number of rotatable bonds is 5. The zero-order valence-electron chi connectivity index (χ0n) is 16.8. The maximum atomic E-state index is 13.0. The van der Waals surface area contributed by atoms with Crippen LogP contribution in [-0.2, 0) is 16.1 Å². The minimum absolute atomic E-state index is 0.0495. The summed E-state index contributed by atoms with van der Waals surface area (Å²) < 4.78 is 5.16. The van der Waals surface area contributed by atoms with E-state index >= 15 is 0 Å². The molecule has 1 saturated heterocycles. The van der Waals surface area contributed by atoms with Gasteiger partial charge >= 0.3 is 0 Å². The van der Waals surface area contributed by atoms with Crippen molar-refractivity contribution in [1.29, 1.82) is 0 Å². The van der Waals surface area contributed by atoms with Gasteiger partial charge in [-0.2, -0.15) is 0 Å². The van der Waals surface area contributed by atoms with Gasteiger partial charge in [0, 0.05) is 17.1 Å². The van der Waals surface area contributed by atoms with Gasteiger partial charge in [0.1, 0.15) is 11.5 Å². The number of likely N-dealkylation sites (tertiary alicyclic amines) is 1. The maximum Gasteiger partial charge on any atom is 0.295 e. The Balaban J connectivity index is 1.84. The second-order valence-electron chi connectivity index (χ2n) is 7.19. The van der Waals surface area contributed by atoms with Crippen LogP contribution in [0.4, 0.5) is 0 Å². The summed E-state index contributed by atoms with van der Waals surface area (Å²) in [5.41, 5.74) is 2.05. The number of Topliss-reactive ketones (excluding diaryl/α,β-unsaturated/α-hetero) is 1. The molecule has 1 N–H and O–H groups in total. The van der Waals surface area contributed by atoms with Crippen LogP contribution in [0.1, 0.15) is 22.7 Å². The largest absolute Gasteiger partial charge is 0.507 e. The van der Waals surface area contributed by atoms with E-state index in [9.17, 15) is 14.7 Å². The van der Waals surface area contributed by atoms with E-state index in [1.807, 2.05) is 30.3 Å². The van der Waals surface area contributed by atoms with Gasteiger partial charge in [-0.25, -0.2) is 0 Å². The van der Waals surface area contributed by atoms with E-state index in [-0.39, 0.29) is 17.9 Å². The molecule has 1 aliphatic heterocycles. The van der Waals surface area contributed by atoms with Crippen molar-refractivity contribution in [2.75, 3.05) is 7.11 Å². The molecular weight excluding hydrogens is 414 g/mol. The number of benzene rings is 3. The number of ketones is 1. The number of halogens is 1. The highest BCUT2D eigenvalue weighted by Gasteiger charge is 2.46. The van der Waals surface area contributed by atoms with E-state index in [1.165, 1.54) is 4.90 Å². The molecule has 1 amide bonds. The molecule has 4 rings (SSSR count). The predicted octanol–water partition coefficient (Wildman–Crippen LogP) is 4.97. The second-order valence-corrected chi connectivity index (χ2v) is 7.63. The smallest absolute Gasteiger partial charge is 0.295 e. The number of hydrogen-bond donors (Lipinski definition) is 1. The number of amides is 1. The van der Waals surface area contributed by atoms with Crippen LogP contribution in [0.15, 0.2) is 84.4 Å². The molecule has 1 atom stereocenters. The van der Waals surface area contributed by atoms with Crippen LogP contribution in [0.25, 0.3) is 5.76 Å². The number of carbonyl (C=O) groups is 2. The van der Waals surface area contributed by atoms with Crippen molar-refractivity contribution < 1.29 is 19.4 Å². The summed E-state index contributed by atoms with van der Waals surface area (Å²) in [6.45, 7) is 0.234. The Labute approximate surface area is 185 Å². The molecule has 0 saturated carbocycles. The number of carbonyl (C=O) groups excluding carboxylic acids is 2. The first-order chi connectivity index (χ1) is 15.0. The van der Waals surface area contributed by atoms with Gasteiger partial charge in [-0.15, -0.1) is 0 Å². The average molecular weight is 434 g/mol. The van der Waals surface area contributed by atoms with E-state index in [1.54, 1.807) is 55.6 Å². The van der Waals surface area contributed by atoms with Crippen LogP contribution < -0.4 is 4.74 Å². The van der Waals surface area contributed by atoms with Crippen LogP contribution in [0.5, 0.6) is 5.75 Å². The number of nitrogens with zero attached hydrogens (tertiary/aromatic N) is 1. The van der Waals surface area contributed by atoms with Crippen LogP contribution in [0, 0.1) is 0 Å². The molecular formula is C25H20ClNO4. The minimum atomic E-state index is -0.737. The first-order valence-corrected chi connectivity index (χ1v) is 10.1. The third-order valence-corrected chi connectivity index (χ3v) is 5.54. The van der Waals surface area contributed by atoms with Gasteiger partial charge in [0.15, 0.2) is 0 Å². The summed E-state index contributed by atoms with van der Waals surface area (Å²) in [6.07, 6.45) is 0.